The first-order valence-corrected chi connectivity index (χ1v) is 8.95. The molecule has 2 heterocycles. The van der Waals surface area contributed by atoms with Gasteiger partial charge in [0.05, 0.1) is 29.0 Å². The molecule has 150 valence electrons. The van der Waals surface area contributed by atoms with Crippen molar-refractivity contribution >= 4 is 11.7 Å². The number of nitro benzene ring substituents is 1. The largest absolute Gasteiger partial charge is 0.465 e. The number of fused-ring (bicyclic) bond motifs is 1. The molecule has 2 aliphatic heterocycles. The molecule has 0 unspecified atom stereocenters. The number of para-hydroxylation sites is 1. The van der Waals surface area contributed by atoms with Gasteiger partial charge in [-0.25, -0.2) is 4.79 Å². The second-order valence-corrected chi connectivity index (χ2v) is 6.61. The van der Waals surface area contributed by atoms with E-state index in [9.17, 15) is 19.7 Å². The highest BCUT2D eigenvalue weighted by molar-refractivity contribution is 5.96. The number of carbonyl (C=O) groups excluding carboxylic acids is 1. The average molecular weight is 404 g/mol. The van der Waals surface area contributed by atoms with Crippen LogP contribution in [0.25, 0.3) is 22.6 Å². The summed E-state index contributed by atoms with van der Waals surface area (Å²) in [6.45, 7) is 1.85. The fourth-order valence-corrected chi connectivity index (χ4v) is 3.25. The number of aryl methyl sites for hydroxylation is 1. The first-order valence-electron chi connectivity index (χ1n) is 8.95. The van der Waals surface area contributed by atoms with Crippen LogP contribution in [0, 0.1) is 17.0 Å². The third-order valence-electron chi connectivity index (χ3n) is 4.76. The summed E-state index contributed by atoms with van der Waals surface area (Å²) in [5, 5.41) is 15.5. The summed E-state index contributed by atoms with van der Waals surface area (Å²) >= 11 is 0. The van der Waals surface area contributed by atoms with Crippen LogP contribution in [0.3, 0.4) is 0 Å². The van der Waals surface area contributed by atoms with Gasteiger partial charge < -0.3 is 9.30 Å². The first-order chi connectivity index (χ1) is 14.4. The van der Waals surface area contributed by atoms with Crippen LogP contribution in [0.15, 0.2) is 65.7 Å². The van der Waals surface area contributed by atoms with Crippen molar-refractivity contribution in [2.24, 2.45) is 0 Å². The molecule has 0 aromatic heterocycles. The van der Waals surface area contributed by atoms with Crippen molar-refractivity contribution in [3.63, 3.8) is 0 Å². The number of benzene rings is 2. The van der Waals surface area contributed by atoms with E-state index in [2.05, 4.69) is 5.10 Å². The van der Waals surface area contributed by atoms with Gasteiger partial charge >= 0.3 is 5.97 Å². The smallest absolute Gasteiger partial charge is 0.341 e. The van der Waals surface area contributed by atoms with Crippen molar-refractivity contribution in [1.29, 1.82) is 0 Å². The number of ether oxygens (including phenoxy) is 1. The van der Waals surface area contributed by atoms with Gasteiger partial charge in [-0.2, -0.15) is 9.78 Å². The molecule has 2 aromatic rings. The van der Waals surface area contributed by atoms with E-state index in [0.29, 0.717) is 11.4 Å². The predicted octanol–water partition coefficient (Wildman–Crippen LogP) is 3.13. The van der Waals surface area contributed by atoms with E-state index in [1.807, 2.05) is 19.1 Å². The maximum atomic E-state index is 13.1. The highest BCUT2D eigenvalue weighted by Crippen LogP contribution is 2.26. The highest BCUT2D eigenvalue weighted by atomic mass is 16.6. The van der Waals surface area contributed by atoms with Gasteiger partial charge in [-0.05, 0) is 24.6 Å². The Morgan fingerprint density at radius 1 is 1.13 bits per heavy atom. The number of nitrogens with zero attached hydrogens (tertiary/aromatic N) is 4. The molecular weight excluding hydrogens is 388 g/mol. The molecule has 0 saturated carbocycles. The van der Waals surface area contributed by atoms with Crippen molar-refractivity contribution in [2.45, 2.75) is 6.92 Å². The summed E-state index contributed by atoms with van der Waals surface area (Å²) in [4.78, 5) is 36.2. The highest BCUT2D eigenvalue weighted by Gasteiger charge is 2.25. The molecule has 2 aliphatic rings. The van der Waals surface area contributed by atoms with Gasteiger partial charge in [0.2, 0.25) is 0 Å². The van der Waals surface area contributed by atoms with Crippen molar-refractivity contribution in [3.05, 3.63) is 92.5 Å². The maximum absolute atomic E-state index is 13.1. The monoisotopic (exact) mass is 404 g/mol. The Kier molecular flexibility index (Phi) is 4.63. The van der Waals surface area contributed by atoms with E-state index in [-0.39, 0.29) is 22.5 Å². The molecule has 2 aromatic carbocycles. The van der Waals surface area contributed by atoms with Crippen LogP contribution in [0.5, 0.6) is 0 Å². The van der Waals surface area contributed by atoms with Gasteiger partial charge in [-0.1, -0.05) is 24.3 Å². The fourth-order valence-electron chi connectivity index (χ4n) is 3.25. The molecule has 4 rings (SSSR count). The van der Waals surface area contributed by atoms with Crippen LogP contribution in [-0.2, 0) is 4.74 Å². The van der Waals surface area contributed by atoms with Crippen molar-refractivity contribution in [3.8, 4) is 22.6 Å². The molecule has 30 heavy (non-hydrogen) atoms. The minimum Gasteiger partial charge on any atom is -0.465 e. The molecule has 0 atom stereocenters. The molecule has 0 aliphatic carbocycles. The van der Waals surface area contributed by atoms with E-state index >= 15 is 0 Å². The Labute approximate surface area is 170 Å². The average Bonchev–Trinajstić information content (AvgIpc) is 3.09. The van der Waals surface area contributed by atoms with Gasteiger partial charge in [0, 0.05) is 24.5 Å². The van der Waals surface area contributed by atoms with Crippen molar-refractivity contribution < 1.29 is 14.5 Å². The zero-order valence-corrected chi connectivity index (χ0v) is 16.1. The minimum atomic E-state index is -0.672. The minimum absolute atomic E-state index is 0.0749. The van der Waals surface area contributed by atoms with Gasteiger partial charge in [0.1, 0.15) is 11.3 Å². The topological polar surface area (TPSA) is 109 Å². The van der Waals surface area contributed by atoms with E-state index in [1.165, 1.54) is 47.0 Å². The Morgan fingerprint density at radius 2 is 1.90 bits per heavy atom. The van der Waals surface area contributed by atoms with Crippen molar-refractivity contribution in [1.82, 2.24) is 14.3 Å². The van der Waals surface area contributed by atoms with Crippen LogP contribution in [0.1, 0.15) is 15.9 Å². The number of carbonyl (C=O) groups is 1. The van der Waals surface area contributed by atoms with Gasteiger partial charge in [-0.3, -0.25) is 14.9 Å². The molecule has 0 amide bonds. The number of hydrogen-bond acceptors (Lipinski definition) is 6. The summed E-state index contributed by atoms with van der Waals surface area (Å²) in [5.74, 6) is -0.672. The zero-order valence-electron chi connectivity index (χ0n) is 16.1. The third kappa shape index (κ3) is 3.12. The molecule has 0 fully saturated rings. The second kappa shape index (κ2) is 7.28. The number of non-ortho nitro benzene ring substituents is 1. The summed E-state index contributed by atoms with van der Waals surface area (Å²) < 4.78 is 7.58. The predicted molar refractivity (Wildman–Crippen MR) is 109 cm³/mol. The second-order valence-electron chi connectivity index (χ2n) is 6.61. The Hall–Kier alpha value is -4.27. The molecular formula is C21H16N4O5. The SMILES string of the molecule is COC(=O)c1cn(-c2cccc([N+](=O)[O-])c2)cc2c(=O)n(-c3ccccc3C)nc1-2. The van der Waals surface area contributed by atoms with Crippen LogP contribution in [0.2, 0.25) is 0 Å². The van der Waals surface area contributed by atoms with Crippen molar-refractivity contribution in [2.75, 3.05) is 7.11 Å². The molecule has 0 saturated heterocycles. The number of aromatic nitrogens is 3. The first kappa shape index (κ1) is 19.1. The summed E-state index contributed by atoms with van der Waals surface area (Å²) in [5.41, 5.74) is 1.78. The van der Waals surface area contributed by atoms with Crippen LogP contribution in [-0.4, -0.2) is 32.3 Å². The summed E-state index contributed by atoms with van der Waals surface area (Å²) in [6, 6.07) is 13.1. The number of nitro groups is 1. The summed E-state index contributed by atoms with van der Waals surface area (Å²) in [6.07, 6.45) is 2.95. The standard InChI is InChI=1S/C21H16N4O5/c1-13-6-3-4-9-18(13)24-20(26)16-11-23(12-17(19(16)22-24)21(27)30-2)14-7-5-8-15(10-14)25(28)29/h3-12H,1-2H3. The van der Waals surface area contributed by atoms with E-state index in [1.54, 1.807) is 18.2 Å². The molecule has 0 radical (unpaired) electrons. The molecule has 0 N–H and O–H groups in total. The quantitative estimate of drug-likeness (QED) is 0.294. The van der Waals surface area contributed by atoms with Crippen LogP contribution < -0.4 is 5.56 Å². The number of esters is 1. The number of hydrogen-bond donors (Lipinski definition) is 0. The van der Waals surface area contributed by atoms with Crippen LogP contribution in [0.4, 0.5) is 5.69 Å². The van der Waals surface area contributed by atoms with Gasteiger partial charge in [0.25, 0.3) is 11.2 Å². The molecule has 9 heteroatoms. The lowest BCUT2D eigenvalue weighted by molar-refractivity contribution is -0.384. The lowest BCUT2D eigenvalue weighted by Gasteiger charge is -2.11. The number of pyridine rings is 1. The lowest BCUT2D eigenvalue weighted by atomic mass is 10.1. The zero-order chi connectivity index (χ0) is 21.4. The molecule has 0 bridgehead atoms. The van der Waals surface area contributed by atoms with E-state index < -0.39 is 16.5 Å². The van der Waals surface area contributed by atoms with E-state index in [4.69, 9.17) is 4.74 Å². The molecule has 0 spiro atoms. The number of rotatable bonds is 4. The Balaban J connectivity index is 2.00. The summed E-state index contributed by atoms with van der Waals surface area (Å²) in [7, 11) is 1.23. The van der Waals surface area contributed by atoms with Crippen LogP contribution >= 0.6 is 0 Å². The Bertz CT molecular complexity index is 1320. The fraction of sp³-hybridized carbons (Fsp3) is 0.0952. The van der Waals surface area contributed by atoms with Gasteiger partial charge in [-0.15, -0.1) is 0 Å². The Morgan fingerprint density at radius 3 is 2.60 bits per heavy atom. The molecule has 9 nitrogen and oxygen atoms in total. The lowest BCUT2D eigenvalue weighted by Crippen LogP contribution is -2.16. The normalized spacial score (nSPS) is 10.9. The third-order valence-corrected chi connectivity index (χ3v) is 4.76. The van der Waals surface area contributed by atoms with E-state index in [0.717, 1.165) is 5.56 Å². The van der Waals surface area contributed by atoms with Gasteiger partial charge in [0.15, 0.2) is 0 Å². The number of methoxy groups -OCH3 is 1. The maximum Gasteiger partial charge on any atom is 0.341 e.